The van der Waals surface area contributed by atoms with Crippen molar-refractivity contribution in [2.75, 3.05) is 15.9 Å². The zero-order valence-corrected chi connectivity index (χ0v) is 16.9. The molecule has 0 aromatic heterocycles. The van der Waals surface area contributed by atoms with E-state index in [1.165, 1.54) is 6.07 Å². The van der Waals surface area contributed by atoms with E-state index in [0.29, 0.717) is 22.8 Å². The van der Waals surface area contributed by atoms with Crippen molar-refractivity contribution in [2.45, 2.75) is 33.2 Å². The van der Waals surface area contributed by atoms with Crippen LogP contribution in [0.25, 0.3) is 0 Å². The van der Waals surface area contributed by atoms with Gasteiger partial charge in [0, 0.05) is 10.7 Å². The molecule has 0 spiro atoms. The monoisotopic (exact) mass is 394 g/mol. The molecule has 0 unspecified atom stereocenters. The molecule has 2 aromatic carbocycles. The molecule has 0 saturated carbocycles. The second-order valence-corrected chi connectivity index (χ2v) is 8.62. The first kappa shape index (κ1) is 20.3. The smallest absolute Gasteiger partial charge is 0.248 e. The Bertz CT molecular complexity index is 893. The molecule has 140 valence electrons. The lowest BCUT2D eigenvalue weighted by atomic mass is 10.1. The largest absolute Gasteiger partial charge is 0.324 e. The Labute approximate surface area is 160 Å². The molecular formula is C19H23ClN2O3S. The zero-order valence-electron chi connectivity index (χ0n) is 15.3. The van der Waals surface area contributed by atoms with Crippen LogP contribution in [0.5, 0.6) is 0 Å². The lowest BCUT2D eigenvalue weighted by molar-refractivity contribution is -0.117. The van der Waals surface area contributed by atoms with Crippen LogP contribution in [0.2, 0.25) is 5.02 Å². The van der Waals surface area contributed by atoms with Crippen molar-refractivity contribution in [3.05, 3.63) is 58.6 Å². The van der Waals surface area contributed by atoms with Crippen molar-refractivity contribution >= 4 is 38.9 Å². The first-order valence-electron chi connectivity index (χ1n) is 8.26. The van der Waals surface area contributed by atoms with Crippen LogP contribution in [0.3, 0.4) is 0 Å². The number of rotatable bonds is 6. The lowest BCUT2D eigenvalue weighted by Gasteiger charge is -2.30. The molecule has 0 heterocycles. The minimum atomic E-state index is -3.69. The fourth-order valence-corrected chi connectivity index (χ4v) is 4.33. The minimum absolute atomic E-state index is 0.316. The van der Waals surface area contributed by atoms with Gasteiger partial charge >= 0.3 is 0 Å². The van der Waals surface area contributed by atoms with Gasteiger partial charge in [0.25, 0.3) is 0 Å². The van der Waals surface area contributed by atoms with Gasteiger partial charge in [-0.2, -0.15) is 0 Å². The van der Waals surface area contributed by atoms with Crippen LogP contribution < -0.4 is 9.62 Å². The van der Waals surface area contributed by atoms with Crippen LogP contribution in [-0.2, 0) is 14.8 Å². The van der Waals surface area contributed by atoms with Crippen molar-refractivity contribution < 1.29 is 13.2 Å². The lowest BCUT2D eigenvalue weighted by Crippen LogP contribution is -2.47. The number of hydrogen-bond acceptors (Lipinski definition) is 3. The second-order valence-electron chi connectivity index (χ2n) is 6.33. The van der Waals surface area contributed by atoms with E-state index in [-0.39, 0.29) is 5.91 Å². The summed E-state index contributed by atoms with van der Waals surface area (Å²) in [7, 11) is -3.69. The molecule has 0 aliphatic carbocycles. The van der Waals surface area contributed by atoms with Crippen molar-refractivity contribution in [1.29, 1.82) is 0 Å². The molecule has 0 bridgehead atoms. The molecule has 1 N–H and O–H groups in total. The second kappa shape index (κ2) is 8.10. The van der Waals surface area contributed by atoms with Gasteiger partial charge in [-0.1, -0.05) is 30.7 Å². The number of carbonyl (C=O) groups excluding carboxylic acids is 1. The van der Waals surface area contributed by atoms with Crippen molar-refractivity contribution in [2.24, 2.45) is 0 Å². The Morgan fingerprint density at radius 3 is 2.27 bits per heavy atom. The highest BCUT2D eigenvalue weighted by atomic mass is 35.5. The van der Waals surface area contributed by atoms with Crippen LogP contribution in [0.1, 0.15) is 24.5 Å². The molecule has 0 fully saturated rings. The molecule has 1 atom stereocenters. The third-order valence-electron chi connectivity index (χ3n) is 3.88. The summed E-state index contributed by atoms with van der Waals surface area (Å²) in [6.07, 6.45) is 1.40. The van der Waals surface area contributed by atoms with Crippen molar-refractivity contribution in [3.8, 4) is 0 Å². The first-order chi connectivity index (χ1) is 12.1. The summed E-state index contributed by atoms with van der Waals surface area (Å²) in [6.45, 7) is 5.65. The molecular weight excluding hydrogens is 372 g/mol. The van der Waals surface area contributed by atoms with Crippen molar-refractivity contribution in [3.63, 3.8) is 0 Å². The van der Waals surface area contributed by atoms with E-state index in [9.17, 15) is 13.2 Å². The maximum atomic E-state index is 12.9. The number of halogens is 1. The Kier molecular flexibility index (Phi) is 6.31. The standard InChI is InChI=1S/C19H23ClN2O3S/c1-5-18(19(23)21-16-10-13(2)9-14(3)11-16)22(26(4,24)25)17-8-6-7-15(20)12-17/h6-12,18H,5H2,1-4H3,(H,21,23)/t18-/m1/s1. The number of nitrogens with one attached hydrogen (secondary N) is 1. The minimum Gasteiger partial charge on any atom is -0.324 e. The number of aryl methyl sites for hydroxylation is 2. The van der Waals surface area contributed by atoms with Gasteiger partial charge in [-0.15, -0.1) is 0 Å². The first-order valence-corrected chi connectivity index (χ1v) is 10.5. The van der Waals surface area contributed by atoms with Crippen molar-refractivity contribution in [1.82, 2.24) is 0 Å². The van der Waals surface area contributed by atoms with Gasteiger partial charge in [0.15, 0.2) is 0 Å². The van der Waals surface area contributed by atoms with Crippen LogP contribution in [0.4, 0.5) is 11.4 Å². The summed E-state index contributed by atoms with van der Waals surface area (Å²) in [5.41, 5.74) is 3.04. The topological polar surface area (TPSA) is 66.5 Å². The molecule has 26 heavy (non-hydrogen) atoms. The van der Waals surface area contributed by atoms with Gasteiger partial charge in [-0.25, -0.2) is 8.42 Å². The van der Waals surface area contributed by atoms with E-state index in [4.69, 9.17) is 11.6 Å². The average Bonchev–Trinajstić information content (AvgIpc) is 2.49. The number of carbonyl (C=O) groups is 1. The number of sulfonamides is 1. The molecule has 2 aromatic rings. The van der Waals surface area contributed by atoms with Gasteiger partial charge < -0.3 is 5.32 Å². The number of nitrogens with zero attached hydrogens (tertiary/aromatic N) is 1. The quantitative estimate of drug-likeness (QED) is 0.800. The number of amides is 1. The third-order valence-corrected chi connectivity index (χ3v) is 5.30. The van der Waals surface area contributed by atoms with Crippen LogP contribution in [-0.4, -0.2) is 26.6 Å². The van der Waals surface area contributed by atoms with E-state index in [2.05, 4.69) is 5.32 Å². The average molecular weight is 395 g/mol. The van der Waals surface area contributed by atoms with E-state index < -0.39 is 16.1 Å². The number of benzene rings is 2. The fourth-order valence-electron chi connectivity index (χ4n) is 2.95. The summed E-state index contributed by atoms with van der Waals surface area (Å²) in [4.78, 5) is 12.9. The van der Waals surface area contributed by atoms with E-state index in [1.54, 1.807) is 25.1 Å². The van der Waals surface area contributed by atoms with Gasteiger partial charge in [0.2, 0.25) is 15.9 Å². The SMILES string of the molecule is CC[C@H](C(=O)Nc1cc(C)cc(C)c1)N(c1cccc(Cl)c1)S(C)(=O)=O. The summed E-state index contributed by atoms with van der Waals surface area (Å²) in [5.74, 6) is -0.386. The highest BCUT2D eigenvalue weighted by Gasteiger charge is 2.31. The Morgan fingerprint density at radius 1 is 1.15 bits per heavy atom. The van der Waals surface area contributed by atoms with E-state index >= 15 is 0 Å². The Hall–Kier alpha value is -2.05. The third kappa shape index (κ3) is 4.99. The molecule has 7 heteroatoms. The molecule has 5 nitrogen and oxygen atoms in total. The number of anilines is 2. The number of hydrogen-bond donors (Lipinski definition) is 1. The highest BCUT2D eigenvalue weighted by molar-refractivity contribution is 7.92. The molecule has 0 saturated heterocycles. The summed E-state index contributed by atoms with van der Waals surface area (Å²) < 4.78 is 25.9. The maximum absolute atomic E-state index is 12.9. The van der Waals surface area contributed by atoms with Gasteiger partial charge in [-0.3, -0.25) is 9.10 Å². The zero-order chi connectivity index (χ0) is 19.5. The molecule has 0 radical (unpaired) electrons. The Balaban J connectivity index is 2.39. The highest BCUT2D eigenvalue weighted by Crippen LogP contribution is 2.26. The normalized spacial score (nSPS) is 12.5. The van der Waals surface area contributed by atoms with Crippen LogP contribution in [0, 0.1) is 13.8 Å². The van der Waals surface area contributed by atoms with E-state index in [1.807, 2.05) is 32.0 Å². The van der Waals surface area contributed by atoms with Gasteiger partial charge in [0.05, 0.1) is 11.9 Å². The fraction of sp³-hybridized carbons (Fsp3) is 0.316. The predicted octanol–water partition coefficient (Wildman–Crippen LogP) is 4.14. The predicted molar refractivity (Wildman–Crippen MR) is 107 cm³/mol. The summed E-state index contributed by atoms with van der Waals surface area (Å²) in [5, 5.41) is 3.24. The van der Waals surface area contributed by atoms with Gasteiger partial charge in [0.1, 0.15) is 6.04 Å². The molecule has 0 aliphatic heterocycles. The molecule has 0 aliphatic rings. The van der Waals surface area contributed by atoms with Crippen LogP contribution >= 0.6 is 11.6 Å². The molecule has 2 rings (SSSR count). The Morgan fingerprint density at radius 2 is 1.77 bits per heavy atom. The van der Waals surface area contributed by atoms with E-state index in [0.717, 1.165) is 21.7 Å². The van der Waals surface area contributed by atoms with Gasteiger partial charge in [-0.05, 0) is 61.7 Å². The summed E-state index contributed by atoms with van der Waals surface area (Å²) in [6, 6.07) is 11.3. The summed E-state index contributed by atoms with van der Waals surface area (Å²) >= 11 is 6.01. The molecule has 1 amide bonds. The van der Waals surface area contributed by atoms with Crippen LogP contribution in [0.15, 0.2) is 42.5 Å². The maximum Gasteiger partial charge on any atom is 0.248 e.